The molecule has 0 radical (unpaired) electrons. The second kappa shape index (κ2) is 7.45. The molecule has 0 amide bonds. The molecule has 1 aromatic heterocycles. The van der Waals surface area contributed by atoms with Gasteiger partial charge in [0, 0.05) is 27.6 Å². The number of esters is 1. The van der Waals surface area contributed by atoms with Crippen molar-refractivity contribution in [1.82, 2.24) is 4.98 Å². The number of ether oxygens (including phenoxy) is 1. The number of aromatic nitrogens is 1. The summed E-state index contributed by atoms with van der Waals surface area (Å²) in [5.41, 5.74) is 1.87. The van der Waals surface area contributed by atoms with Crippen molar-refractivity contribution in [2.75, 3.05) is 6.61 Å². The number of carbonyl (C=O) groups excluding carboxylic acids is 1. The minimum absolute atomic E-state index is 0.0454. The summed E-state index contributed by atoms with van der Waals surface area (Å²) in [5, 5.41) is 11.7. The van der Waals surface area contributed by atoms with Gasteiger partial charge in [-0.1, -0.05) is 40.7 Å². The Bertz CT molecular complexity index is 1030. The van der Waals surface area contributed by atoms with E-state index in [4.69, 9.17) is 4.74 Å². The number of non-ortho nitro benzene ring substituents is 1. The van der Waals surface area contributed by atoms with Gasteiger partial charge in [-0.2, -0.15) is 0 Å². The number of hydrogen-bond donors (Lipinski definition) is 0. The molecule has 0 fully saturated rings. The van der Waals surface area contributed by atoms with E-state index in [1.165, 1.54) is 18.2 Å². The van der Waals surface area contributed by atoms with Gasteiger partial charge in [0.25, 0.3) is 5.69 Å². The molecule has 0 bridgehead atoms. The average molecular weight is 413 g/mol. The highest BCUT2D eigenvalue weighted by Crippen LogP contribution is 2.29. The average Bonchev–Trinajstić information content (AvgIpc) is 2.65. The second-order valence-corrected chi connectivity index (χ2v) is 6.33. The lowest BCUT2D eigenvalue weighted by Crippen LogP contribution is -2.07. The van der Waals surface area contributed by atoms with Gasteiger partial charge < -0.3 is 4.74 Å². The Morgan fingerprint density at radius 1 is 1.27 bits per heavy atom. The minimum Gasteiger partial charge on any atom is -0.458 e. The number of hydrogen-bond acceptors (Lipinski definition) is 5. The summed E-state index contributed by atoms with van der Waals surface area (Å²) < 4.78 is 5.97. The molecule has 0 aliphatic rings. The van der Waals surface area contributed by atoms with E-state index in [1.807, 2.05) is 6.07 Å². The van der Waals surface area contributed by atoms with Gasteiger partial charge in [-0.25, -0.2) is 9.78 Å². The molecular formula is C19H13BrN2O4. The molecule has 6 nitrogen and oxygen atoms in total. The first-order chi connectivity index (χ1) is 12.5. The minimum atomic E-state index is -0.512. The van der Waals surface area contributed by atoms with E-state index in [9.17, 15) is 14.9 Å². The first kappa shape index (κ1) is 17.8. The molecule has 3 rings (SSSR count). The molecule has 0 aliphatic carbocycles. The van der Waals surface area contributed by atoms with Crippen molar-refractivity contribution >= 4 is 38.5 Å². The van der Waals surface area contributed by atoms with Crippen molar-refractivity contribution < 1.29 is 14.5 Å². The van der Waals surface area contributed by atoms with Crippen molar-refractivity contribution in [3.8, 4) is 11.3 Å². The van der Waals surface area contributed by atoms with Crippen LogP contribution >= 0.6 is 15.9 Å². The second-order valence-electron chi connectivity index (χ2n) is 5.41. The fraction of sp³-hybridized carbons (Fsp3) is 0.0526. The molecule has 7 heteroatoms. The Morgan fingerprint density at radius 3 is 2.81 bits per heavy atom. The number of fused-ring (bicyclic) bond motifs is 1. The molecule has 26 heavy (non-hydrogen) atoms. The number of halogens is 1. The molecule has 0 saturated carbocycles. The Labute approximate surface area is 157 Å². The van der Waals surface area contributed by atoms with E-state index in [0.29, 0.717) is 27.7 Å². The summed E-state index contributed by atoms with van der Waals surface area (Å²) in [7, 11) is 0. The van der Waals surface area contributed by atoms with Gasteiger partial charge in [0.05, 0.1) is 21.7 Å². The van der Waals surface area contributed by atoms with Crippen LogP contribution in [-0.4, -0.2) is 22.5 Å². The number of nitro benzene ring substituents is 1. The smallest absolute Gasteiger partial charge is 0.339 e. The Kier molecular flexibility index (Phi) is 5.09. The quantitative estimate of drug-likeness (QED) is 0.257. The lowest BCUT2D eigenvalue weighted by molar-refractivity contribution is -0.384. The molecule has 0 N–H and O–H groups in total. The van der Waals surface area contributed by atoms with Gasteiger partial charge in [-0.15, -0.1) is 0 Å². The molecule has 0 atom stereocenters. The van der Waals surface area contributed by atoms with Crippen LogP contribution in [0.15, 0.2) is 65.7 Å². The highest BCUT2D eigenvalue weighted by Gasteiger charge is 2.16. The van der Waals surface area contributed by atoms with Gasteiger partial charge in [-0.05, 0) is 24.3 Å². The summed E-state index contributed by atoms with van der Waals surface area (Å²) in [5.74, 6) is -0.512. The van der Waals surface area contributed by atoms with Crippen LogP contribution in [-0.2, 0) is 4.74 Å². The maximum Gasteiger partial charge on any atom is 0.339 e. The fourth-order valence-electron chi connectivity index (χ4n) is 2.51. The van der Waals surface area contributed by atoms with Crippen LogP contribution in [0.25, 0.3) is 22.2 Å². The van der Waals surface area contributed by atoms with Gasteiger partial charge in [0.1, 0.15) is 6.61 Å². The third kappa shape index (κ3) is 3.62. The third-order valence-corrected chi connectivity index (χ3v) is 4.17. The number of rotatable bonds is 5. The van der Waals surface area contributed by atoms with Crippen molar-refractivity contribution in [3.63, 3.8) is 0 Å². The topological polar surface area (TPSA) is 82.3 Å². The first-order valence-electron chi connectivity index (χ1n) is 7.63. The zero-order valence-electron chi connectivity index (χ0n) is 13.5. The van der Waals surface area contributed by atoms with E-state index < -0.39 is 10.9 Å². The van der Waals surface area contributed by atoms with Gasteiger partial charge in [0.15, 0.2) is 0 Å². The summed E-state index contributed by atoms with van der Waals surface area (Å²) in [4.78, 5) is 27.6. The Balaban J connectivity index is 2.19. The molecule has 0 aliphatic heterocycles. The summed E-state index contributed by atoms with van der Waals surface area (Å²) in [6.07, 6.45) is 1.48. The number of nitrogens with zero attached hydrogens (tertiary/aromatic N) is 2. The molecule has 0 spiro atoms. The van der Waals surface area contributed by atoms with E-state index in [1.54, 1.807) is 30.3 Å². The predicted octanol–water partition coefficient (Wildman–Crippen LogP) is 4.92. The summed E-state index contributed by atoms with van der Waals surface area (Å²) in [6, 6.07) is 13.1. The number of carbonyl (C=O) groups is 1. The number of benzene rings is 2. The highest BCUT2D eigenvalue weighted by molar-refractivity contribution is 9.10. The predicted molar refractivity (Wildman–Crippen MR) is 102 cm³/mol. The van der Waals surface area contributed by atoms with Crippen LogP contribution in [0.5, 0.6) is 0 Å². The van der Waals surface area contributed by atoms with Crippen LogP contribution in [0.4, 0.5) is 5.69 Å². The zero-order valence-corrected chi connectivity index (χ0v) is 15.1. The van der Waals surface area contributed by atoms with E-state index in [0.717, 1.165) is 4.47 Å². The van der Waals surface area contributed by atoms with Crippen molar-refractivity contribution in [1.29, 1.82) is 0 Å². The molecule has 130 valence electrons. The van der Waals surface area contributed by atoms with Crippen LogP contribution in [0.1, 0.15) is 10.4 Å². The van der Waals surface area contributed by atoms with Crippen molar-refractivity contribution in [2.45, 2.75) is 0 Å². The Hall–Kier alpha value is -3.06. The van der Waals surface area contributed by atoms with E-state index in [2.05, 4.69) is 27.5 Å². The lowest BCUT2D eigenvalue weighted by Gasteiger charge is -2.10. The van der Waals surface area contributed by atoms with Crippen molar-refractivity contribution in [3.05, 3.63) is 81.3 Å². The van der Waals surface area contributed by atoms with Crippen LogP contribution in [0.2, 0.25) is 0 Å². The molecule has 0 unspecified atom stereocenters. The standard InChI is InChI=1S/C19H13BrN2O4/c1-2-8-26-19(23)16-11-18(12-4-3-5-14(9-12)22(24)25)21-17-7-6-13(20)10-15(16)17/h2-7,9-11H,1,8H2. The summed E-state index contributed by atoms with van der Waals surface area (Å²) in [6.45, 7) is 3.62. The fourth-order valence-corrected chi connectivity index (χ4v) is 2.87. The highest BCUT2D eigenvalue weighted by atomic mass is 79.9. The normalized spacial score (nSPS) is 10.5. The number of nitro groups is 1. The van der Waals surface area contributed by atoms with Gasteiger partial charge >= 0.3 is 5.97 Å². The molecular weight excluding hydrogens is 400 g/mol. The maximum atomic E-state index is 12.5. The monoisotopic (exact) mass is 412 g/mol. The maximum absolute atomic E-state index is 12.5. The van der Waals surface area contributed by atoms with Crippen LogP contribution < -0.4 is 0 Å². The molecule has 1 heterocycles. The lowest BCUT2D eigenvalue weighted by atomic mass is 10.0. The molecule has 3 aromatic rings. The SMILES string of the molecule is C=CCOC(=O)c1cc(-c2cccc([N+](=O)[O-])c2)nc2ccc(Br)cc12. The third-order valence-electron chi connectivity index (χ3n) is 3.68. The Morgan fingerprint density at radius 2 is 2.08 bits per heavy atom. The van der Waals surface area contributed by atoms with E-state index in [-0.39, 0.29) is 12.3 Å². The summed E-state index contributed by atoms with van der Waals surface area (Å²) >= 11 is 3.39. The van der Waals surface area contributed by atoms with Gasteiger partial charge in [0.2, 0.25) is 0 Å². The van der Waals surface area contributed by atoms with Crippen LogP contribution in [0.3, 0.4) is 0 Å². The largest absolute Gasteiger partial charge is 0.458 e. The van der Waals surface area contributed by atoms with Gasteiger partial charge in [-0.3, -0.25) is 10.1 Å². The van der Waals surface area contributed by atoms with Crippen molar-refractivity contribution in [2.24, 2.45) is 0 Å². The molecule has 2 aromatic carbocycles. The van der Waals surface area contributed by atoms with E-state index >= 15 is 0 Å². The van der Waals surface area contributed by atoms with Crippen LogP contribution in [0, 0.1) is 10.1 Å². The first-order valence-corrected chi connectivity index (χ1v) is 8.42. The molecule has 0 saturated heterocycles. The zero-order chi connectivity index (χ0) is 18.7. The number of pyridine rings is 1.